The van der Waals surface area contributed by atoms with Crippen LogP contribution in [0.3, 0.4) is 0 Å². The number of hydrogen-bond acceptors (Lipinski definition) is 5. The van der Waals surface area contributed by atoms with Crippen LogP contribution < -0.4 is 5.73 Å². The van der Waals surface area contributed by atoms with Gasteiger partial charge in [0, 0.05) is 20.0 Å². The number of aryl methyl sites for hydroxylation is 1. The van der Waals surface area contributed by atoms with Gasteiger partial charge in [-0.15, -0.1) is 0 Å². The average molecular weight is 212 g/mol. The fraction of sp³-hybridized carbons (Fsp3) is 0.667. The molecule has 2 N–H and O–H groups in total. The minimum Gasteiger partial charge on any atom is -0.469 e. The molecule has 1 heterocycles. The molecule has 0 aliphatic heterocycles. The van der Waals surface area contributed by atoms with Crippen molar-refractivity contribution in [1.29, 1.82) is 0 Å². The third-order valence-electron chi connectivity index (χ3n) is 2.48. The molecule has 0 saturated carbocycles. The number of esters is 1. The molecule has 0 radical (unpaired) electrons. The molecule has 1 unspecified atom stereocenters. The molecule has 0 amide bonds. The van der Waals surface area contributed by atoms with E-state index in [9.17, 15) is 4.79 Å². The van der Waals surface area contributed by atoms with Crippen molar-refractivity contribution in [2.24, 2.45) is 18.2 Å². The summed E-state index contributed by atoms with van der Waals surface area (Å²) in [5.41, 5.74) is 4.85. The highest BCUT2D eigenvalue weighted by Gasteiger charge is 2.34. The largest absolute Gasteiger partial charge is 0.469 e. The van der Waals surface area contributed by atoms with Gasteiger partial charge in [-0.1, -0.05) is 0 Å². The third kappa shape index (κ3) is 2.33. The van der Waals surface area contributed by atoms with E-state index in [1.54, 1.807) is 18.7 Å². The van der Waals surface area contributed by atoms with Crippen molar-refractivity contribution in [3.63, 3.8) is 0 Å². The molecule has 0 fully saturated rings. The molecule has 0 aliphatic carbocycles. The number of carbonyl (C=O) groups is 1. The van der Waals surface area contributed by atoms with E-state index in [1.807, 2.05) is 0 Å². The number of nitrogens with two attached hydrogens (primary N) is 1. The van der Waals surface area contributed by atoms with Crippen molar-refractivity contribution in [3.8, 4) is 0 Å². The van der Waals surface area contributed by atoms with Gasteiger partial charge >= 0.3 is 5.97 Å². The lowest BCUT2D eigenvalue weighted by Crippen LogP contribution is -2.39. The van der Waals surface area contributed by atoms with E-state index in [0.717, 1.165) is 0 Å². The molecule has 15 heavy (non-hydrogen) atoms. The molecule has 1 atom stereocenters. The van der Waals surface area contributed by atoms with E-state index in [2.05, 4.69) is 10.1 Å². The average Bonchev–Trinajstić information content (AvgIpc) is 2.63. The maximum Gasteiger partial charge on any atom is 0.313 e. The third-order valence-corrected chi connectivity index (χ3v) is 2.48. The van der Waals surface area contributed by atoms with Crippen LogP contribution in [-0.4, -0.2) is 34.4 Å². The van der Waals surface area contributed by atoms with Gasteiger partial charge in [0.15, 0.2) is 0 Å². The molecule has 0 aromatic carbocycles. The number of ether oxygens (including phenoxy) is 1. The summed E-state index contributed by atoms with van der Waals surface area (Å²) >= 11 is 0. The van der Waals surface area contributed by atoms with Crippen LogP contribution in [0.5, 0.6) is 0 Å². The second-order valence-electron chi connectivity index (χ2n) is 3.73. The zero-order chi connectivity index (χ0) is 11.5. The van der Waals surface area contributed by atoms with E-state index < -0.39 is 5.41 Å². The van der Waals surface area contributed by atoms with Gasteiger partial charge in [-0.25, -0.2) is 4.98 Å². The van der Waals surface area contributed by atoms with Crippen LogP contribution in [0.25, 0.3) is 0 Å². The fourth-order valence-corrected chi connectivity index (χ4v) is 1.30. The van der Waals surface area contributed by atoms with Crippen molar-refractivity contribution in [1.82, 2.24) is 14.8 Å². The van der Waals surface area contributed by atoms with Crippen LogP contribution in [0.1, 0.15) is 12.7 Å². The summed E-state index contributed by atoms with van der Waals surface area (Å²) in [4.78, 5) is 15.6. The molecule has 84 valence electrons. The monoisotopic (exact) mass is 212 g/mol. The van der Waals surface area contributed by atoms with E-state index in [0.29, 0.717) is 12.2 Å². The lowest BCUT2D eigenvalue weighted by atomic mass is 9.86. The second-order valence-corrected chi connectivity index (χ2v) is 3.73. The molecule has 6 nitrogen and oxygen atoms in total. The first-order chi connectivity index (χ1) is 7.03. The van der Waals surface area contributed by atoms with Gasteiger partial charge in [0.05, 0.1) is 12.5 Å². The first kappa shape index (κ1) is 11.6. The summed E-state index contributed by atoms with van der Waals surface area (Å²) in [6.07, 6.45) is 1.87. The first-order valence-electron chi connectivity index (χ1n) is 4.65. The van der Waals surface area contributed by atoms with E-state index in [4.69, 9.17) is 10.5 Å². The minimum absolute atomic E-state index is 0.215. The molecule has 1 aromatic heterocycles. The van der Waals surface area contributed by atoms with Crippen molar-refractivity contribution in [3.05, 3.63) is 12.2 Å². The Kier molecular flexibility index (Phi) is 3.41. The Hall–Kier alpha value is -1.43. The van der Waals surface area contributed by atoms with Gasteiger partial charge in [-0.05, 0) is 6.92 Å². The predicted molar refractivity (Wildman–Crippen MR) is 53.9 cm³/mol. The van der Waals surface area contributed by atoms with Crippen molar-refractivity contribution >= 4 is 5.97 Å². The van der Waals surface area contributed by atoms with Gasteiger partial charge in [-0.2, -0.15) is 5.10 Å². The second kappa shape index (κ2) is 4.39. The highest BCUT2D eigenvalue weighted by atomic mass is 16.5. The Morgan fingerprint density at radius 3 is 2.80 bits per heavy atom. The smallest absolute Gasteiger partial charge is 0.313 e. The van der Waals surface area contributed by atoms with Crippen LogP contribution >= 0.6 is 0 Å². The van der Waals surface area contributed by atoms with Gasteiger partial charge in [0.1, 0.15) is 12.2 Å². The Morgan fingerprint density at radius 2 is 2.40 bits per heavy atom. The molecule has 0 saturated heterocycles. The number of nitrogens with zero attached hydrogens (tertiary/aromatic N) is 3. The van der Waals surface area contributed by atoms with Crippen LogP contribution in [0.15, 0.2) is 6.33 Å². The Labute approximate surface area is 88.4 Å². The molecule has 6 heteroatoms. The lowest BCUT2D eigenvalue weighted by molar-refractivity contribution is -0.151. The van der Waals surface area contributed by atoms with Gasteiger partial charge < -0.3 is 10.5 Å². The van der Waals surface area contributed by atoms with E-state index in [-0.39, 0.29) is 12.5 Å². The van der Waals surface area contributed by atoms with Crippen LogP contribution in [-0.2, 0) is 23.0 Å². The molecular formula is C9H16N4O2. The zero-order valence-electron chi connectivity index (χ0n) is 9.23. The van der Waals surface area contributed by atoms with Crippen LogP contribution in [0.4, 0.5) is 0 Å². The summed E-state index contributed by atoms with van der Waals surface area (Å²) in [5.74, 6) is 0.390. The Balaban J connectivity index is 2.86. The number of rotatable bonds is 4. The van der Waals surface area contributed by atoms with Gasteiger partial charge in [0.2, 0.25) is 0 Å². The summed E-state index contributed by atoms with van der Waals surface area (Å²) in [5, 5.41) is 3.93. The summed E-state index contributed by atoms with van der Waals surface area (Å²) in [6.45, 7) is 1.97. The first-order valence-corrected chi connectivity index (χ1v) is 4.65. The molecule has 1 rings (SSSR count). The van der Waals surface area contributed by atoms with Crippen molar-refractivity contribution < 1.29 is 9.53 Å². The molecule has 0 spiro atoms. The topological polar surface area (TPSA) is 83.0 Å². The Morgan fingerprint density at radius 1 is 1.73 bits per heavy atom. The lowest BCUT2D eigenvalue weighted by Gasteiger charge is -2.23. The number of aromatic nitrogens is 3. The van der Waals surface area contributed by atoms with Crippen molar-refractivity contribution in [2.75, 3.05) is 13.7 Å². The Bertz CT molecular complexity index is 350. The maximum atomic E-state index is 11.5. The summed E-state index contributed by atoms with van der Waals surface area (Å²) in [6, 6.07) is 0. The van der Waals surface area contributed by atoms with Gasteiger partial charge in [0.25, 0.3) is 0 Å². The van der Waals surface area contributed by atoms with E-state index >= 15 is 0 Å². The predicted octanol–water partition coefficient (Wildman–Crippen LogP) is -0.504. The molecule has 0 bridgehead atoms. The van der Waals surface area contributed by atoms with E-state index in [1.165, 1.54) is 13.4 Å². The normalized spacial score (nSPS) is 14.7. The number of carbonyl (C=O) groups excluding carboxylic acids is 1. The van der Waals surface area contributed by atoms with Gasteiger partial charge in [-0.3, -0.25) is 9.48 Å². The molecule has 0 aliphatic rings. The van der Waals surface area contributed by atoms with Crippen molar-refractivity contribution in [2.45, 2.75) is 13.3 Å². The van der Waals surface area contributed by atoms with Crippen LogP contribution in [0, 0.1) is 5.41 Å². The number of methoxy groups -OCH3 is 1. The molecule has 1 aromatic rings. The summed E-state index contributed by atoms with van der Waals surface area (Å²) < 4.78 is 6.34. The zero-order valence-corrected chi connectivity index (χ0v) is 9.23. The highest BCUT2D eigenvalue weighted by molar-refractivity contribution is 5.76. The fourth-order valence-electron chi connectivity index (χ4n) is 1.30. The summed E-state index contributed by atoms with van der Waals surface area (Å²) in [7, 11) is 3.13. The van der Waals surface area contributed by atoms with Crippen LogP contribution in [0.2, 0.25) is 0 Å². The standard InChI is InChI=1S/C9H16N4O2/c1-9(5-10,8(14)15-3)4-7-11-6-12-13(7)2/h6H,4-5,10H2,1-3H3. The SMILES string of the molecule is COC(=O)C(C)(CN)Cc1ncnn1C. The number of hydrogen-bond donors (Lipinski definition) is 1. The highest BCUT2D eigenvalue weighted by Crippen LogP contribution is 2.21. The quantitative estimate of drug-likeness (QED) is 0.680. The maximum absolute atomic E-state index is 11.5. The minimum atomic E-state index is -0.741. The molecular weight excluding hydrogens is 196 g/mol.